The van der Waals surface area contributed by atoms with Gasteiger partial charge in [-0.2, -0.15) is 0 Å². The fourth-order valence-electron chi connectivity index (χ4n) is 1.97. The number of hydrogen-bond donors (Lipinski definition) is 2. The smallest absolute Gasteiger partial charge is 0.307 e. The molecule has 2 N–H and O–H groups in total. The van der Waals surface area contributed by atoms with Crippen LogP contribution in [0.4, 0.5) is 0 Å². The van der Waals surface area contributed by atoms with E-state index in [0.29, 0.717) is 25.4 Å². The lowest BCUT2D eigenvalue weighted by Gasteiger charge is -2.15. The lowest BCUT2D eigenvalue weighted by Crippen LogP contribution is -2.29. The van der Waals surface area contributed by atoms with E-state index in [1.165, 1.54) is 0 Å². The Morgan fingerprint density at radius 3 is 2.56 bits per heavy atom. The first-order valence-corrected chi connectivity index (χ1v) is 6.27. The van der Waals surface area contributed by atoms with Crippen LogP contribution in [0.15, 0.2) is 4.52 Å². The molecule has 0 radical (unpaired) electrons. The number of carbonyl (C=O) groups is 1. The van der Waals surface area contributed by atoms with Crippen molar-refractivity contribution < 1.29 is 14.4 Å². The lowest BCUT2D eigenvalue weighted by molar-refractivity contribution is -0.142. The van der Waals surface area contributed by atoms with Crippen LogP contribution in [-0.4, -0.2) is 22.8 Å². The van der Waals surface area contributed by atoms with E-state index in [1.54, 1.807) is 0 Å². The molecule has 5 heteroatoms. The molecule has 0 bridgehead atoms. The Labute approximate surface area is 108 Å². The molecular weight excluding hydrogens is 232 g/mol. The number of nitrogens with zero attached hydrogens (tertiary/aromatic N) is 1. The Morgan fingerprint density at radius 2 is 2.11 bits per heavy atom. The summed E-state index contributed by atoms with van der Waals surface area (Å²) < 4.78 is 5.06. The minimum Gasteiger partial charge on any atom is -0.481 e. The second kappa shape index (κ2) is 6.54. The molecule has 5 nitrogen and oxygen atoms in total. The van der Waals surface area contributed by atoms with Crippen LogP contribution in [0.25, 0.3) is 0 Å². The summed E-state index contributed by atoms with van der Waals surface area (Å²) in [6.45, 7) is 8.88. The molecule has 18 heavy (non-hydrogen) atoms. The number of rotatable bonds is 7. The molecule has 1 rings (SSSR count). The molecule has 0 saturated carbocycles. The average Bonchev–Trinajstić information content (AvgIpc) is 2.58. The number of aliphatic carboxylic acids is 1. The number of hydrogen-bond acceptors (Lipinski definition) is 4. The van der Waals surface area contributed by atoms with Crippen molar-refractivity contribution in [1.82, 2.24) is 10.5 Å². The molecule has 0 fully saturated rings. The molecule has 102 valence electrons. The monoisotopic (exact) mass is 254 g/mol. The number of nitrogens with one attached hydrogen (secondary N) is 1. The Morgan fingerprint density at radius 1 is 1.44 bits per heavy atom. The summed E-state index contributed by atoms with van der Waals surface area (Å²) in [5.74, 6) is 0.0862. The molecular formula is C13H22N2O3. The van der Waals surface area contributed by atoms with Gasteiger partial charge in [0.25, 0.3) is 0 Å². The maximum atomic E-state index is 11.1. The van der Waals surface area contributed by atoms with E-state index in [-0.39, 0.29) is 5.92 Å². The predicted octanol–water partition coefficient (Wildman–Crippen LogP) is 2.13. The van der Waals surface area contributed by atoms with E-state index < -0.39 is 5.97 Å². The largest absolute Gasteiger partial charge is 0.481 e. The van der Waals surface area contributed by atoms with Gasteiger partial charge in [0, 0.05) is 18.7 Å². The van der Waals surface area contributed by atoms with Crippen LogP contribution >= 0.6 is 0 Å². The average molecular weight is 254 g/mol. The van der Waals surface area contributed by atoms with E-state index in [2.05, 4.69) is 10.5 Å². The van der Waals surface area contributed by atoms with E-state index in [0.717, 1.165) is 17.0 Å². The minimum absolute atomic E-state index is 0.342. The molecule has 1 atom stereocenters. The number of aromatic nitrogens is 1. The van der Waals surface area contributed by atoms with Gasteiger partial charge in [-0.3, -0.25) is 4.79 Å². The van der Waals surface area contributed by atoms with E-state index in [1.807, 2.05) is 27.7 Å². The summed E-state index contributed by atoms with van der Waals surface area (Å²) >= 11 is 0. The maximum Gasteiger partial charge on any atom is 0.307 e. The molecule has 0 saturated heterocycles. The fourth-order valence-corrected chi connectivity index (χ4v) is 1.97. The summed E-state index contributed by atoms with van der Waals surface area (Å²) in [5.41, 5.74) is 1.87. The number of carboxylic acids is 1. The molecule has 1 unspecified atom stereocenters. The summed E-state index contributed by atoms with van der Waals surface area (Å²) in [4.78, 5) is 11.1. The first-order valence-electron chi connectivity index (χ1n) is 6.27. The molecule has 1 aromatic heterocycles. The molecule has 0 aliphatic heterocycles. The zero-order valence-electron chi connectivity index (χ0n) is 11.5. The van der Waals surface area contributed by atoms with Crippen LogP contribution in [0.1, 0.15) is 37.3 Å². The van der Waals surface area contributed by atoms with Crippen LogP contribution < -0.4 is 5.32 Å². The van der Waals surface area contributed by atoms with Crippen molar-refractivity contribution in [3.8, 4) is 0 Å². The second-order valence-corrected chi connectivity index (χ2v) is 5.10. The molecule has 0 aromatic carbocycles. The summed E-state index contributed by atoms with van der Waals surface area (Å²) in [7, 11) is 0. The SMILES string of the molecule is Cc1noc(C)c1CNCC(CC(C)C)C(=O)O. The zero-order valence-corrected chi connectivity index (χ0v) is 11.5. The molecule has 0 amide bonds. The van der Waals surface area contributed by atoms with Gasteiger partial charge >= 0.3 is 5.97 Å². The summed E-state index contributed by atoms with van der Waals surface area (Å²) in [6, 6.07) is 0. The number of carboxylic acid groups (broad SMARTS) is 1. The highest BCUT2D eigenvalue weighted by molar-refractivity contribution is 5.70. The van der Waals surface area contributed by atoms with Gasteiger partial charge in [0.15, 0.2) is 0 Å². The van der Waals surface area contributed by atoms with Gasteiger partial charge in [0.1, 0.15) is 5.76 Å². The molecule has 1 heterocycles. The quantitative estimate of drug-likeness (QED) is 0.779. The van der Waals surface area contributed by atoms with E-state index in [4.69, 9.17) is 9.63 Å². The first-order chi connectivity index (χ1) is 8.41. The third-order valence-electron chi connectivity index (χ3n) is 2.98. The van der Waals surface area contributed by atoms with Crippen molar-refractivity contribution in [2.24, 2.45) is 11.8 Å². The van der Waals surface area contributed by atoms with Crippen molar-refractivity contribution in [2.45, 2.75) is 40.7 Å². The van der Waals surface area contributed by atoms with Crippen LogP contribution in [0.5, 0.6) is 0 Å². The van der Waals surface area contributed by atoms with Crippen molar-refractivity contribution in [3.05, 3.63) is 17.0 Å². The van der Waals surface area contributed by atoms with Gasteiger partial charge in [0.2, 0.25) is 0 Å². The van der Waals surface area contributed by atoms with Gasteiger partial charge in [0.05, 0.1) is 11.6 Å². The fraction of sp³-hybridized carbons (Fsp3) is 0.692. The zero-order chi connectivity index (χ0) is 13.7. The maximum absolute atomic E-state index is 11.1. The highest BCUT2D eigenvalue weighted by Gasteiger charge is 2.19. The predicted molar refractivity (Wildman–Crippen MR) is 68.3 cm³/mol. The molecule has 0 aliphatic carbocycles. The second-order valence-electron chi connectivity index (χ2n) is 5.10. The van der Waals surface area contributed by atoms with Crippen molar-refractivity contribution >= 4 is 5.97 Å². The standard InChI is InChI=1S/C13H22N2O3/c1-8(2)5-11(13(16)17)6-14-7-12-9(3)15-18-10(12)4/h8,11,14H,5-7H2,1-4H3,(H,16,17). The van der Waals surface area contributed by atoms with Gasteiger partial charge in [-0.25, -0.2) is 0 Å². The first kappa shape index (κ1) is 14.7. The van der Waals surface area contributed by atoms with Crippen molar-refractivity contribution in [2.75, 3.05) is 6.54 Å². The summed E-state index contributed by atoms with van der Waals surface area (Å²) in [6.07, 6.45) is 0.684. The van der Waals surface area contributed by atoms with Crippen LogP contribution in [0.3, 0.4) is 0 Å². The van der Waals surface area contributed by atoms with Gasteiger partial charge in [-0.05, 0) is 26.2 Å². The lowest BCUT2D eigenvalue weighted by atomic mass is 9.97. The third-order valence-corrected chi connectivity index (χ3v) is 2.98. The topological polar surface area (TPSA) is 75.4 Å². The molecule has 0 spiro atoms. The Hall–Kier alpha value is -1.36. The molecule has 1 aromatic rings. The Balaban J connectivity index is 2.46. The van der Waals surface area contributed by atoms with Crippen molar-refractivity contribution in [3.63, 3.8) is 0 Å². The van der Waals surface area contributed by atoms with Gasteiger partial charge in [-0.15, -0.1) is 0 Å². The van der Waals surface area contributed by atoms with Crippen LogP contribution in [0.2, 0.25) is 0 Å². The molecule has 0 aliphatic rings. The summed E-state index contributed by atoms with van der Waals surface area (Å²) in [5, 5.41) is 16.2. The van der Waals surface area contributed by atoms with Gasteiger partial charge in [-0.1, -0.05) is 19.0 Å². The highest BCUT2D eigenvalue weighted by Crippen LogP contribution is 2.14. The number of aryl methyl sites for hydroxylation is 2. The van der Waals surface area contributed by atoms with Crippen LogP contribution in [0, 0.1) is 25.7 Å². The van der Waals surface area contributed by atoms with Crippen LogP contribution in [-0.2, 0) is 11.3 Å². The Bertz CT molecular complexity index is 379. The van der Waals surface area contributed by atoms with E-state index in [9.17, 15) is 4.79 Å². The van der Waals surface area contributed by atoms with Crippen molar-refractivity contribution in [1.29, 1.82) is 0 Å². The Kier molecular flexibility index (Phi) is 5.34. The third kappa shape index (κ3) is 4.14. The van der Waals surface area contributed by atoms with Gasteiger partial charge < -0.3 is 14.9 Å². The van der Waals surface area contributed by atoms with E-state index >= 15 is 0 Å². The minimum atomic E-state index is -0.741. The normalized spacial score (nSPS) is 12.9. The highest BCUT2D eigenvalue weighted by atomic mass is 16.5.